The molecule has 1 saturated heterocycles. The molecule has 0 spiro atoms. The van der Waals surface area contributed by atoms with E-state index in [9.17, 15) is 9.59 Å². The maximum Gasteiger partial charge on any atom is 0.410 e. The third-order valence-corrected chi connectivity index (χ3v) is 6.73. The molecule has 0 aromatic heterocycles. The van der Waals surface area contributed by atoms with Crippen molar-refractivity contribution >= 4 is 12.1 Å². The van der Waals surface area contributed by atoms with Crippen molar-refractivity contribution in [1.82, 2.24) is 4.90 Å². The number of esters is 1. The second-order valence-corrected chi connectivity index (χ2v) is 9.82. The molecule has 1 rings (SSSR count). The van der Waals surface area contributed by atoms with E-state index in [2.05, 4.69) is 34.6 Å². The highest BCUT2D eigenvalue weighted by molar-refractivity contribution is 5.76. The minimum Gasteiger partial charge on any atom is -0.456 e. The number of ether oxygens (including phenoxy) is 2. The second kappa shape index (κ2) is 10.7. The maximum atomic E-state index is 13.1. The Hall–Kier alpha value is -1.26. The summed E-state index contributed by atoms with van der Waals surface area (Å²) in [4.78, 5) is 27.6. The van der Waals surface area contributed by atoms with Crippen LogP contribution >= 0.6 is 0 Å². The average molecular weight is 412 g/mol. The molecule has 1 aliphatic rings. The zero-order valence-corrected chi connectivity index (χ0v) is 20.2. The van der Waals surface area contributed by atoms with Crippen LogP contribution in [0.2, 0.25) is 0 Å². The van der Waals surface area contributed by atoms with E-state index in [1.165, 1.54) is 0 Å². The smallest absolute Gasteiger partial charge is 0.410 e. The maximum absolute atomic E-state index is 13.1. The zero-order valence-electron chi connectivity index (χ0n) is 20.2. The predicted octanol–water partition coefficient (Wildman–Crippen LogP) is 6.34. The van der Waals surface area contributed by atoms with E-state index in [4.69, 9.17) is 9.47 Å². The van der Waals surface area contributed by atoms with E-state index in [0.29, 0.717) is 19.5 Å². The normalized spacial score (nSPS) is 20.2. The molecule has 0 aromatic rings. The summed E-state index contributed by atoms with van der Waals surface area (Å²) in [7, 11) is 0. The fourth-order valence-electron chi connectivity index (χ4n) is 4.25. The van der Waals surface area contributed by atoms with Crippen molar-refractivity contribution in [2.45, 2.75) is 118 Å². The molecule has 0 saturated carbocycles. The number of likely N-dealkylation sites (tertiary alicyclic amines) is 1. The van der Waals surface area contributed by atoms with Gasteiger partial charge in [0.25, 0.3) is 0 Å². The van der Waals surface area contributed by atoms with Crippen LogP contribution in [0, 0.1) is 11.3 Å². The second-order valence-electron chi connectivity index (χ2n) is 9.82. The first-order valence-electron chi connectivity index (χ1n) is 11.7. The van der Waals surface area contributed by atoms with Crippen LogP contribution in [-0.4, -0.2) is 41.3 Å². The molecule has 1 unspecified atom stereocenters. The van der Waals surface area contributed by atoms with Gasteiger partial charge in [0, 0.05) is 13.0 Å². The van der Waals surface area contributed by atoms with Gasteiger partial charge in [0.15, 0.2) is 0 Å². The molecule has 1 fully saturated rings. The van der Waals surface area contributed by atoms with Crippen molar-refractivity contribution in [3.63, 3.8) is 0 Å². The number of hydrogen-bond acceptors (Lipinski definition) is 4. The summed E-state index contributed by atoms with van der Waals surface area (Å²) in [5.74, 6) is -0.0511. The van der Waals surface area contributed by atoms with Gasteiger partial charge in [-0.2, -0.15) is 0 Å². The van der Waals surface area contributed by atoms with E-state index in [0.717, 1.165) is 44.9 Å². The molecule has 170 valence electrons. The molecule has 1 amide bonds. The SMILES string of the molecule is CCCC(CCC)(CCC)OC(=O)N1CCC(OC(=O)C(C)(C)CC)(C(C)C)C1. The molecule has 29 heavy (non-hydrogen) atoms. The van der Waals surface area contributed by atoms with Gasteiger partial charge in [0.1, 0.15) is 11.2 Å². The summed E-state index contributed by atoms with van der Waals surface area (Å²) in [5.41, 5.74) is -1.53. The fourth-order valence-corrected chi connectivity index (χ4v) is 4.25. The van der Waals surface area contributed by atoms with Crippen molar-refractivity contribution in [2.24, 2.45) is 11.3 Å². The highest BCUT2D eigenvalue weighted by Crippen LogP contribution is 2.37. The summed E-state index contributed by atoms with van der Waals surface area (Å²) in [6, 6.07) is 0. The molecule has 5 heteroatoms. The minimum absolute atomic E-state index is 0.128. The number of amides is 1. The van der Waals surface area contributed by atoms with Gasteiger partial charge in [-0.3, -0.25) is 4.79 Å². The van der Waals surface area contributed by atoms with Crippen molar-refractivity contribution < 1.29 is 19.1 Å². The van der Waals surface area contributed by atoms with Crippen LogP contribution in [0.5, 0.6) is 0 Å². The summed E-state index contributed by atoms with van der Waals surface area (Å²) in [6.07, 6.45) is 6.78. The third-order valence-electron chi connectivity index (χ3n) is 6.73. The van der Waals surface area contributed by atoms with Crippen LogP contribution in [-0.2, 0) is 14.3 Å². The van der Waals surface area contributed by atoms with E-state index in [1.54, 1.807) is 4.90 Å². The van der Waals surface area contributed by atoms with Gasteiger partial charge in [0.2, 0.25) is 0 Å². The Morgan fingerprint density at radius 1 is 1.00 bits per heavy atom. The Morgan fingerprint density at radius 2 is 1.52 bits per heavy atom. The topological polar surface area (TPSA) is 55.8 Å². The lowest BCUT2D eigenvalue weighted by atomic mass is 9.86. The van der Waals surface area contributed by atoms with Crippen LogP contribution in [0.3, 0.4) is 0 Å². The molecule has 1 heterocycles. The van der Waals surface area contributed by atoms with Crippen LogP contribution in [0.4, 0.5) is 4.79 Å². The van der Waals surface area contributed by atoms with Gasteiger partial charge in [-0.25, -0.2) is 4.79 Å². The third kappa shape index (κ3) is 6.36. The molecule has 0 N–H and O–H groups in total. The Morgan fingerprint density at radius 3 is 1.93 bits per heavy atom. The number of carbonyl (C=O) groups excluding carboxylic acids is 2. The van der Waals surface area contributed by atoms with Crippen LogP contribution < -0.4 is 0 Å². The van der Waals surface area contributed by atoms with Gasteiger partial charge >= 0.3 is 12.1 Å². The van der Waals surface area contributed by atoms with Crippen LogP contribution in [0.25, 0.3) is 0 Å². The zero-order chi connectivity index (χ0) is 22.3. The van der Waals surface area contributed by atoms with E-state index in [-0.39, 0.29) is 23.6 Å². The average Bonchev–Trinajstić information content (AvgIpc) is 3.08. The Bertz CT molecular complexity index is 526. The van der Waals surface area contributed by atoms with E-state index >= 15 is 0 Å². The lowest BCUT2D eigenvalue weighted by Gasteiger charge is -2.37. The lowest BCUT2D eigenvalue weighted by Crippen LogP contribution is -2.47. The molecule has 5 nitrogen and oxygen atoms in total. The summed E-state index contributed by atoms with van der Waals surface area (Å²) in [5, 5.41) is 0. The van der Waals surface area contributed by atoms with Gasteiger partial charge in [-0.15, -0.1) is 0 Å². The Kier molecular flexibility index (Phi) is 9.49. The summed E-state index contributed by atoms with van der Waals surface area (Å²) in [6.45, 7) is 17.4. The molecule has 0 radical (unpaired) electrons. The van der Waals surface area contributed by atoms with Crippen molar-refractivity contribution in [3.05, 3.63) is 0 Å². The first-order chi connectivity index (χ1) is 13.5. The number of hydrogen-bond donors (Lipinski definition) is 0. The van der Waals surface area contributed by atoms with Crippen molar-refractivity contribution in [3.8, 4) is 0 Å². The molecule has 1 atom stereocenters. The highest BCUT2D eigenvalue weighted by Gasteiger charge is 2.48. The van der Waals surface area contributed by atoms with Gasteiger partial charge in [0.05, 0.1) is 12.0 Å². The Balaban J connectivity index is 2.95. The molecular formula is C24H45NO4. The first-order valence-corrected chi connectivity index (χ1v) is 11.7. The first kappa shape index (κ1) is 25.8. The number of nitrogens with zero attached hydrogens (tertiary/aromatic N) is 1. The molecule has 0 aliphatic carbocycles. The predicted molar refractivity (Wildman–Crippen MR) is 118 cm³/mol. The number of rotatable bonds is 11. The van der Waals surface area contributed by atoms with Gasteiger partial charge in [-0.1, -0.05) is 60.8 Å². The molecule has 0 aromatic carbocycles. The van der Waals surface area contributed by atoms with Gasteiger partial charge < -0.3 is 14.4 Å². The molecule has 1 aliphatic heterocycles. The summed E-state index contributed by atoms with van der Waals surface area (Å²) < 4.78 is 12.2. The fraction of sp³-hybridized carbons (Fsp3) is 0.917. The minimum atomic E-state index is -0.633. The quantitative estimate of drug-likeness (QED) is 0.372. The summed E-state index contributed by atoms with van der Waals surface area (Å²) >= 11 is 0. The van der Waals surface area contributed by atoms with Crippen molar-refractivity contribution in [2.75, 3.05) is 13.1 Å². The lowest BCUT2D eigenvalue weighted by molar-refractivity contribution is -0.174. The largest absolute Gasteiger partial charge is 0.456 e. The van der Waals surface area contributed by atoms with Crippen LogP contribution in [0.1, 0.15) is 107 Å². The molecular weight excluding hydrogens is 366 g/mol. The standard InChI is InChI=1S/C24H45NO4/c1-9-13-23(14-10-2,15-11-3)29-21(27)25-17-16-24(18-25,19(5)6)28-20(26)22(7,8)12-4/h19H,9-18H2,1-8H3. The molecule has 0 bridgehead atoms. The highest BCUT2D eigenvalue weighted by atomic mass is 16.6. The van der Waals surface area contributed by atoms with E-state index in [1.807, 2.05) is 20.8 Å². The van der Waals surface area contributed by atoms with Crippen molar-refractivity contribution in [1.29, 1.82) is 0 Å². The number of carbonyl (C=O) groups is 2. The van der Waals surface area contributed by atoms with E-state index < -0.39 is 11.0 Å². The van der Waals surface area contributed by atoms with Gasteiger partial charge in [-0.05, 0) is 45.4 Å². The van der Waals surface area contributed by atoms with Crippen LogP contribution in [0.15, 0.2) is 0 Å². The monoisotopic (exact) mass is 411 g/mol. The Labute approximate surface area is 178 Å².